The highest BCUT2D eigenvalue weighted by Gasteiger charge is 2.67. The maximum absolute atomic E-state index is 14.2. The number of amides is 2. The molecule has 2 unspecified atom stereocenters. The van der Waals surface area contributed by atoms with Crippen molar-refractivity contribution in [2.45, 2.75) is 37.8 Å². The number of aliphatic hydroxyl groups is 1. The molecule has 3 aliphatic rings. The summed E-state index contributed by atoms with van der Waals surface area (Å²) >= 11 is 0. The van der Waals surface area contributed by atoms with Crippen molar-refractivity contribution in [2.75, 3.05) is 24.6 Å². The van der Waals surface area contributed by atoms with Gasteiger partial charge >= 0.3 is 0 Å². The number of para-hydroxylation sites is 1. The number of likely N-dealkylation sites (tertiary alicyclic amines) is 1. The van der Waals surface area contributed by atoms with Crippen molar-refractivity contribution in [1.29, 1.82) is 0 Å². The summed E-state index contributed by atoms with van der Waals surface area (Å²) in [5.74, 6) is -3.28. The summed E-state index contributed by atoms with van der Waals surface area (Å²) in [5, 5.41) is 11.3. The molecule has 3 heterocycles. The molecule has 2 aromatic carbocycles. The van der Waals surface area contributed by atoms with Crippen LogP contribution in [0.1, 0.15) is 37.3 Å². The Bertz CT molecular complexity index is 1200. The summed E-state index contributed by atoms with van der Waals surface area (Å²) in [5.41, 5.74) is -0.897. The normalized spacial score (nSPS) is 25.6. The molecule has 0 aliphatic carbocycles. The van der Waals surface area contributed by atoms with Crippen LogP contribution in [0.3, 0.4) is 0 Å². The van der Waals surface area contributed by atoms with Crippen molar-refractivity contribution in [2.24, 2.45) is 0 Å². The van der Waals surface area contributed by atoms with E-state index < -0.39 is 34.7 Å². The molecule has 8 heteroatoms. The van der Waals surface area contributed by atoms with Gasteiger partial charge in [0.15, 0.2) is 5.54 Å². The van der Waals surface area contributed by atoms with Gasteiger partial charge in [0.25, 0.3) is 17.6 Å². The van der Waals surface area contributed by atoms with Gasteiger partial charge in [-0.25, -0.2) is 4.39 Å². The molecule has 1 spiro atoms. The first-order valence-electron chi connectivity index (χ1n) is 11.5. The van der Waals surface area contributed by atoms with Crippen molar-refractivity contribution >= 4 is 29.0 Å². The van der Waals surface area contributed by atoms with Crippen LogP contribution in [0.2, 0.25) is 0 Å². The summed E-state index contributed by atoms with van der Waals surface area (Å²) < 4.78 is 19.3. The van der Waals surface area contributed by atoms with Gasteiger partial charge in [0.05, 0.1) is 17.4 Å². The SMILES string of the molecule is CCCN1C(=O)C2(/C(=C(\O)c3ccc(F)cc3)C(=O)C(=O)N2CC2CCCO2)c2ccccc21. The van der Waals surface area contributed by atoms with Crippen LogP contribution in [0.25, 0.3) is 5.76 Å². The highest BCUT2D eigenvalue weighted by molar-refractivity contribution is 6.50. The smallest absolute Gasteiger partial charge is 0.296 e. The minimum atomic E-state index is -1.82. The Labute approximate surface area is 196 Å². The van der Waals surface area contributed by atoms with Crippen LogP contribution in [0.4, 0.5) is 10.1 Å². The van der Waals surface area contributed by atoms with E-state index in [2.05, 4.69) is 0 Å². The first-order chi connectivity index (χ1) is 16.4. The average molecular weight is 464 g/mol. The molecule has 7 nitrogen and oxygen atoms in total. The molecule has 0 aromatic heterocycles. The Morgan fingerprint density at radius 2 is 1.88 bits per heavy atom. The molecule has 0 radical (unpaired) electrons. The third-order valence-corrected chi connectivity index (χ3v) is 6.78. The standard InChI is InChI=1S/C26H25FN2O5/c1-2-13-28-20-8-4-3-7-19(20)26(25(28)33)21(22(30)16-9-11-17(27)12-10-16)23(31)24(32)29(26)15-18-6-5-14-34-18/h3-4,7-12,18,30H,2,5-6,13-15H2,1H3/b22-21-. The molecule has 34 heavy (non-hydrogen) atoms. The molecular formula is C26H25FN2O5. The van der Waals surface area contributed by atoms with Crippen LogP contribution in [-0.2, 0) is 24.7 Å². The fourth-order valence-corrected chi connectivity index (χ4v) is 5.31. The maximum atomic E-state index is 14.2. The number of Topliss-reactive ketones (excluding diaryl/α,β-unsaturated/α-hetero) is 1. The Hall–Kier alpha value is -3.52. The van der Waals surface area contributed by atoms with Gasteiger partial charge < -0.3 is 19.6 Å². The van der Waals surface area contributed by atoms with Crippen molar-refractivity contribution in [1.82, 2.24) is 4.90 Å². The predicted molar refractivity (Wildman–Crippen MR) is 122 cm³/mol. The van der Waals surface area contributed by atoms with Crippen LogP contribution in [-0.4, -0.2) is 53.4 Å². The van der Waals surface area contributed by atoms with Gasteiger partial charge in [-0.3, -0.25) is 14.4 Å². The van der Waals surface area contributed by atoms with Gasteiger partial charge in [-0.1, -0.05) is 25.1 Å². The lowest BCUT2D eigenvalue weighted by molar-refractivity contribution is -0.145. The summed E-state index contributed by atoms with van der Waals surface area (Å²) in [6.07, 6.45) is 1.86. The third kappa shape index (κ3) is 3.09. The minimum absolute atomic E-state index is 0.0464. The van der Waals surface area contributed by atoms with Crippen molar-refractivity contribution < 1.29 is 28.6 Å². The Morgan fingerprint density at radius 1 is 1.15 bits per heavy atom. The summed E-state index contributed by atoms with van der Waals surface area (Å²) in [7, 11) is 0. The van der Waals surface area contributed by atoms with Gasteiger partial charge in [0.1, 0.15) is 11.6 Å². The maximum Gasteiger partial charge on any atom is 0.296 e. The first kappa shape index (κ1) is 22.3. The fraction of sp³-hybridized carbons (Fsp3) is 0.346. The Morgan fingerprint density at radius 3 is 2.56 bits per heavy atom. The zero-order valence-electron chi connectivity index (χ0n) is 18.8. The molecule has 2 fully saturated rings. The lowest BCUT2D eigenvalue weighted by Gasteiger charge is -2.35. The summed E-state index contributed by atoms with van der Waals surface area (Å²) in [6.45, 7) is 2.91. The number of ether oxygens (including phenoxy) is 1. The zero-order valence-corrected chi connectivity index (χ0v) is 18.8. The lowest BCUT2D eigenvalue weighted by atomic mass is 9.81. The number of ketones is 1. The van der Waals surface area contributed by atoms with E-state index in [9.17, 15) is 23.9 Å². The van der Waals surface area contributed by atoms with Gasteiger partial charge in [-0.15, -0.1) is 0 Å². The van der Waals surface area contributed by atoms with Gasteiger partial charge in [-0.2, -0.15) is 0 Å². The molecule has 2 atom stereocenters. The van der Waals surface area contributed by atoms with Gasteiger partial charge in [0.2, 0.25) is 0 Å². The van der Waals surface area contributed by atoms with E-state index in [0.717, 1.165) is 18.6 Å². The van der Waals surface area contributed by atoms with E-state index in [4.69, 9.17) is 4.74 Å². The lowest BCUT2D eigenvalue weighted by Crippen LogP contribution is -2.53. The number of hydrogen-bond donors (Lipinski definition) is 1. The average Bonchev–Trinajstić information content (AvgIpc) is 3.49. The van der Waals surface area contributed by atoms with Gasteiger partial charge in [0, 0.05) is 30.8 Å². The van der Waals surface area contributed by atoms with Crippen LogP contribution in [0, 0.1) is 5.82 Å². The largest absolute Gasteiger partial charge is 0.507 e. The van der Waals surface area contributed by atoms with E-state index in [1.807, 2.05) is 6.92 Å². The fourth-order valence-electron chi connectivity index (χ4n) is 5.31. The minimum Gasteiger partial charge on any atom is -0.507 e. The molecule has 2 aromatic rings. The van der Waals surface area contributed by atoms with E-state index in [0.29, 0.717) is 37.2 Å². The second-order valence-electron chi connectivity index (χ2n) is 8.79. The number of rotatable bonds is 5. The Kier molecular flexibility index (Phi) is 5.48. The molecule has 2 saturated heterocycles. The van der Waals surface area contributed by atoms with E-state index in [1.165, 1.54) is 17.0 Å². The zero-order chi connectivity index (χ0) is 24.0. The van der Waals surface area contributed by atoms with E-state index in [1.54, 1.807) is 29.2 Å². The highest BCUT2D eigenvalue weighted by atomic mass is 19.1. The quantitative estimate of drug-likeness (QED) is 0.417. The number of carbonyl (C=O) groups is 3. The number of halogens is 1. The second kappa shape index (κ2) is 8.36. The number of hydrogen-bond acceptors (Lipinski definition) is 5. The van der Waals surface area contributed by atoms with Crippen molar-refractivity contribution in [3.05, 3.63) is 71.0 Å². The van der Waals surface area contributed by atoms with Crippen molar-refractivity contribution in [3.63, 3.8) is 0 Å². The topological polar surface area (TPSA) is 87.2 Å². The molecule has 3 aliphatic heterocycles. The molecule has 1 N–H and O–H groups in total. The summed E-state index contributed by atoms with van der Waals surface area (Å²) in [4.78, 5) is 43.9. The van der Waals surface area contributed by atoms with Crippen LogP contribution in [0.5, 0.6) is 0 Å². The van der Waals surface area contributed by atoms with Crippen molar-refractivity contribution in [3.8, 4) is 0 Å². The first-order valence-corrected chi connectivity index (χ1v) is 11.5. The predicted octanol–water partition coefficient (Wildman–Crippen LogP) is 3.34. The molecule has 2 amide bonds. The number of fused-ring (bicyclic) bond motifs is 2. The molecular weight excluding hydrogens is 439 g/mol. The van der Waals surface area contributed by atoms with Crippen LogP contribution >= 0.6 is 0 Å². The third-order valence-electron chi connectivity index (χ3n) is 6.78. The molecule has 176 valence electrons. The van der Waals surface area contributed by atoms with Gasteiger partial charge in [-0.05, 0) is 49.6 Å². The molecule has 0 saturated carbocycles. The molecule has 5 rings (SSSR count). The van der Waals surface area contributed by atoms with E-state index >= 15 is 0 Å². The number of benzene rings is 2. The van der Waals surface area contributed by atoms with Crippen LogP contribution in [0.15, 0.2) is 54.1 Å². The number of nitrogens with zero attached hydrogens (tertiary/aromatic N) is 2. The number of anilines is 1. The highest BCUT2D eigenvalue weighted by Crippen LogP contribution is 2.53. The second-order valence-corrected chi connectivity index (χ2v) is 8.79. The number of aliphatic hydroxyl groups excluding tert-OH is 1. The molecule has 0 bridgehead atoms. The Balaban J connectivity index is 1.79. The number of carbonyl (C=O) groups excluding carboxylic acids is 3. The summed E-state index contributed by atoms with van der Waals surface area (Å²) in [6, 6.07) is 12.0. The van der Waals surface area contributed by atoms with Crippen LogP contribution < -0.4 is 4.90 Å². The monoisotopic (exact) mass is 464 g/mol. The van der Waals surface area contributed by atoms with E-state index in [-0.39, 0.29) is 23.8 Å².